The molecule has 0 atom stereocenters. The zero-order chi connectivity index (χ0) is 9.40. The van der Waals surface area contributed by atoms with Gasteiger partial charge in [-0.2, -0.15) is 0 Å². The van der Waals surface area contributed by atoms with E-state index in [4.69, 9.17) is 0 Å². The molecule has 12 heavy (non-hydrogen) atoms. The smallest absolute Gasteiger partial charge is 0.0104 e. The number of hydrogen-bond acceptors (Lipinski definition) is 2. The molecule has 0 spiro atoms. The van der Waals surface area contributed by atoms with Crippen LogP contribution in [0.25, 0.3) is 0 Å². The number of hydrogen-bond donors (Lipinski definition) is 1. The minimum Gasteiger partial charge on any atom is -0.313 e. The van der Waals surface area contributed by atoms with E-state index in [0.29, 0.717) is 6.04 Å². The fourth-order valence-electron chi connectivity index (χ4n) is 1.08. The molecule has 0 amide bonds. The van der Waals surface area contributed by atoms with E-state index in [1.54, 1.807) is 0 Å². The summed E-state index contributed by atoms with van der Waals surface area (Å²) in [6.45, 7) is 10.1. The average Bonchev–Trinajstić information content (AvgIpc) is 2.00. The molecule has 0 aromatic carbocycles. The molecule has 0 bridgehead atoms. The van der Waals surface area contributed by atoms with Gasteiger partial charge < -0.3 is 10.2 Å². The Morgan fingerprint density at radius 2 is 1.92 bits per heavy atom. The number of rotatable bonds is 7. The largest absolute Gasteiger partial charge is 0.313 e. The Kier molecular flexibility index (Phi) is 7.51. The minimum absolute atomic E-state index is 0.615. The summed E-state index contributed by atoms with van der Waals surface area (Å²) >= 11 is 0. The van der Waals surface area contributed by atoms with Gasteiger partial charge in [0.05, 0.1) is 0 Å². The molecule has 74 valence electrons. The van der Waals surface area contributed by atoms with Crippen LogP contribution in [0.3, 0.4) is 0 Å². The molecular formula is C10H24N2. The van der Waals surface area contributed by atoms with Crippen molar-refractivity contribution in [3.63, 3.8) is 0 Å². The lowest BCUT2D eigenvalue weighted by Crippen LogP contribution is -2.33. The van der Waals surface area contributed by atoms with Crippen LogP contribution in [-0.4, -0.2) is 37.6 Å². The topological polar surface area (TPSA) is 15.3 Å². The van der Waals surface area contributed by atoms with E-state index in [1.807, 2.05) is 0 Å². The predicted molar refractivity (Wildman–Crippen MR) is 55.5 cm³/mol. The van der Waals surface area contributed by atoms with E-state index in [1.165, 1.54) is 19.4 Å². The van der Waals surface area contributed by atoms with Crippen molar-refractivity contribution in [3.8, 4) is 0 Å². The molecule has 0 fully saturated rings. The Morgan fingerprint density at radius 3 is 2.42 bits per heavy atom. The van der Waals surface area contributed by atoms with Gasteiger partial charge in [-0.1, -0.05) is 27.2 Å². The maximum absolute atomic E-state index is 3.41. The van der Waals surface area contributed by atoms with Gasteiger partial charge >= 0.3 is 0 Å². The predicted octanol–water partition coefficient (Wildman–Crippen LogP) is 1.72. The number of nitrogens with one attached hydrogen (secondary N) is 1. The van der Waals surface area contributed by atoms with Gasteiger partial charge in [0.1, 0.15) is 0 Å². The number of unbranched alkanes of at least 4 members (excludes halogenated alkanes) is 1. The average molecular weight is 172 g/mol. The van der Waals surface area contributed by atoms with Crippen LogP contribution < -0.4 is 5.32 Å². The van der Waals surface area contributed by atoms with Crippen LogP contribution in [0.4, 0.5) is 0 Å². The van der Waals surface area contributed by atoms with Crippen molar-refractivity contribution in [2.24, 2.45) is 0 Å². The highest BCUT2D eigenvalue weighted by atomic mass is 15.1. The van der Waals surface area contributed by atoms with Crippen LogP contribution in [0.5, 0.6) is 0 Å². The van der Waals surface area contributed by atoms with Crippen LogP contribution in [0, 0.1) is 0 Å². The molecule has 0 saturated heterocycles. The fourth-order valence-corrected chi connectivity index (χ4v) is 1.08. The maximum atomic E-state index is 3.41. The molecule has 2 heteroatoms. The van der Waals surface area contributed by atoms with Gasteiger partial charge in [-0.3, -0.25) is 0 Å². The van der Waals surface area contributed by atoms with Gasteiger partial charge in [0.25, 0.3) is 0 Å². The molecule has 1 N–H and O–H groups in total. The van der Waals surface area contributed by atoms with Gasteiger partial charge in [0.15, 0.2) is 0 Å². The summed E-state index contributed by atoms with van der Waals surface area (Å²) in [7, 11) is 2.19. The molecule has 0 heterocycles. The summed E-state index contributed by atoms with van der Waals surface area (Å²) in [5.41, 5.74) is 0. The Balaban J connectivity index is 3.13. The standard InChI is InChI=1S/C10H24N2/c1-5-6-8-12(4)9-7-11-10(2)3/h10-11H,5-9H2,1-4H3. The first kappa shape index (κ1) is 11.9. The monoisotopic (exact) mass is 172 g/mol. The molecule has 0 saturated carbocycles. The number of likely N-dealkylation sites (N-methyl/N-ethyl adjacent to an activating group) is 1. The van der Waals surface area contributed by atoms with E-state index in [0.717, 1.165) is 13.1 Å². The highest BCUT2D eigenvalue weighted by molar-refractivity contribution is 4.57. The van der Waals surface area contributed by atoms with Gasteiger partial charge in [-0.05, 0) is 20.0 Å². The second-order valence-corrected chi connectivity index (χ2v) is 3.77. The van der Waals surface area contributed by atoms with E-state index >= 15 is 0 Å². The molecule has 0 unspecified atom stereocenters. The van der Waals surface area contributed by atoms with Crippen molar-refractivity contribution in [2.45, 2.75) is 39.7 Å². The minimum atomic E-state index is 0.615. The lowest BCUT2D eigenvalue weighted by molar-refractivity contribution is 0.321. The number of nitrogens with zero attached hydrogens (tertiary/aromatic N) is 1. The highest BCUT2D eigenvalue weighted by Crippen LogP contribution is 1.90. The first-order valence-corrected chi connectivity index (χ1v) is 5.08. The molecular weight excluding hydrogens is 148 g/mol. The molecule has 0 aliphatic carbocycles. The third kappa shape index (κ3) is 8.02. The van der Waals surface area contributed by atoms with Gasteiger partial charge in [0.2, 0.25) is 0 Å². The lowest BCUT2D eigenvalue weighted by Gasteiger charge is -2.17. The van der Waals surface area contributed by atoms with Crippen molar-refractivity contribution in [1.29, 1.82) is 0 Å². The van der Waals surface area contributed by atoms with Crippen molar-refractivity contribution in [2.75, 3.05) is 26.7 Å². The SMILES string of the molecule is CCCCN(C)CCNC(C)C. The Morgan fingerprint density at radius 1 is 1.25 bits per heavy atom. The summed E-state index contributed by atoms with van der Waals surface area (Å²) in [5, 5.41) is 3.41. The lowest BCUT2D eigenvalue weighted by atomic mass is 10.3. The van der Waals surface area contributed by atoms with E-state index in [9.17, 15) is 0 Å². The van der Waals surface area contributed by atoms with E-state index < -0.39 is 0 Å². The molecule has 0 aliphatic heterocycles. The zero-order valence-corrected chi connectivity index (χ0v) is 9.06. The van der Waals surface area contributed by atoms with Crippen LogP contribution >= 0.6 is 0 Å². The first-order chi connectivity index (χ1) is 5.66. The first-order valence-electron chi connectivity index (χ1n) is 5.08. The zero-order valence-electron chi connectivity index (χ0n) is 9.06. The summed E-state index contributed by atoms with van der Waals surface area (Å²) < 4.78 is 0. The molecule has 0 aromatic heterocycles. The second kappa shape index (κ2) is 7.56. The van der Waals surface area contributed by atoms with Crippen molar-refractivity contribution in [1.82, 2.24) is 10.2 Å². The van der Waals surface area contributed by atoms with Crippen molar-refractivity contribution >= 4 is 0 Å². The van der Waals surface area contributed by atoms with Gasteiger partial charge in [0, 0.05) is 19.1 Å². The Labute approximate surface area is 77.3 Å². The van der Waals surface area contributed by atoms with Gasteiger partial charge in [-0.15, -0.1) is 0 Å². The third-order valence-corrected chi connectivity index (χ3v) is 1.94. The Hall–Kier alpha value is -0.0800. The summed E-state index contributed by atoms with van der Waals surface area (Å²) in [6, 6.07) is 0.615. The van der Waals surface area contributed by atoms with Crippen LogP contribution in [0.1, 0.15) is 33.6 Å². The van der Waals surface area contributed by atoms with E-state index in [-0.39, 0.29) is 0 Å². The molecule has 0 aromatic rings. The van der Waals surface area contributed by atoms with Crippen LogP contribution in [0.15, 0.2) is 0 Å². The fraction of sp³-hybridized carbons (Fsp3) is 1.00. The molecule has 0 radical (unpaired) electrons. The molecule has 2 nitrogen and oxygen atoms in total. The van der Waals surface area contributed by atoms with Crippen molar-refractivity contribution < 1.29 is 0 Å². The highest BCUT2D eigenvalue weighted by Gasteiger charge is 1.97. The summed E-state index contributed by atoms with van der Waals surface area (Å²) in [6.07, 6.45) is 2.61. The Bertz CT molecular complexity index is 91.8. The quantitative estimate of drug-likeness (QED) is 0.629. The van der Waals surface area contributed by atoms with Crippen LogP contribution in [0.2, 0.25) is 0 Å². The van der Waals surface area contributed by atoms with Crippen molar-refractivity contribution in [3.05, 3.63) is 0 Å². The summed E-state index contributed by atoms with van der Waals surface area (Å²) in [4.78, 5) is 2.39. The molecule has 0 aliphatic rings. The van der Waals surface area contributed by atoms with Crippen LogP contribution in [-0.2, 0) is 0 Å². The molecule has 0 rings (SSSR count). The second-order valence-electron chi connectivity index (χ2n) is 3.77. The third-order valence-electron chi connectivity index (χ3n) is 1.94. The summed E-state index contributed by atoms with van der Waals surface area (Å²) in [5.74, 6) is 0. The van der Waals surface area contributed by atoms with Gasteiger partial charge in [-0.25, -0.2) is 0 Å². The normalized spacial score (nSPS) is 11.5. The van der Waals surface area contributed by atoms with E-state index in [2.05, 4.69) is 38.0 Å². The maximum Gasteiger partial charge on any atom is 0.0104 e.